The van der Waals surface area contributed by atoms with Crippen molar-refractivity contribution >= 4 is 0 Å². The first-order valence-electron chi connectivity index (χ1n) is 4.42. The summed E-state index contributed by atoms with van der Waals surface area (Å²) in [5.41, 5.74) is 0. The number of para-hydroxylation sites is 1. The van der Waals surface area contributed by atoms with Crippen LogP contribution in [0.1, 0.15) is 6.92 Å². The molecule has 0 atom stereocenters. The lowest BCUT2D eigenvalue weighted by Crippen LogP contribution is -2.20. The maximum atomic E-state index is 13.0. The van der Waals surface area contributed by atoms with Crippen LogP contribution in [0.4, 0.5) is 4.39 Å². The van der Waals surface area contributed by atoms with Crippen LogP contribution in [0, 0.1) is 5.82 Å². The highest BCUT2D eigenvalue weighted by Gasteiger charge is 1.99. The Morgan fingerprint density at radius 3 is 2.85 bits per heavy atom. The molecule has 72 valence electrons. The number of nitrogens with one attached hydrogen (secondary N) is 1. The van der Waals surface area contributed by atoms with Gasteiger partial charge in [0.1, 0.15) is 6.61 Å². The predicted molar refractivity (Wildman–Crippen MR) is 50.4 cm³/mol. The number of ether oxygens (including phenoxy) is 1. The largest absolute Gasteiger partial charge is 0.489 e. The van der Waals surface area contributed by atoms with Crippen LogP contribution in [0.25, 0.3) is 0 Å². The third kappa shape index (κ3) is 3.42. The lowest BCUT2D eigenvalue weighted by molar-refractivity contribution is 0.300. The number of halogens is 1. The molecule has 0 amide bonds. The molecule has 13 heavy (non-hydrogen) atoms. The standard InChI is InChI=1S/C10H14FNO/c1-2-12-7-8-13-10-6-4-3-5-9(10)11/h3-6,12H,2,7-8H2,1H3. The van der Waals surface area contributed by atoms with Crippen molar-refractivity contribution in [2.24, 2.45) is 0 Å². The molecule has 1 N–H and O–H groups in total. The average molecular weight is 183 g/mol. The molecular weight excluding hydrogens is 169 g/mol. The van der Waals surface area contributed by atoms with E-state index in [0.717, 1.165) is 13.1 Å². The third-order valence-corrected chi connectivity index (χ3v) is 1.62. The topological polar surface area (TPSA) is 21.3 Å². The summed E-state index contributed by atoms with van der Waals surface area (Å²) in [6.45, 7) is 4.16. The highest BCUT2D eigenvalue weighted by molar-refractivity contribution is 5.23. The van der Waals surface area contributed by atoms with Gasteiger partial charge in [-0.15, -0.1) is 0 Å². The highest BCUT2D eigenvalue weighted by atomic mass is 19.1. The molecule has 0 aliphatic rings. The molecule has 0 aliphatic heterocycles. The van der Waals surface area contributed by atoms with Crippen LogP contribution in [0.5, 0.6) is 5.75 Å². The molecule has 0 unspecified atom stereocenters. The minimum atomic E-state index is -0.306. The van der Waals surface area contributed by atoms with Crippen LogP contribution >= 0.6 is 0 Å². The van der Waals surface area contributed by atoms with Crippen molar-refractivity contribution in [2.75, 3.05) is 19.7 Å². The first-order chi connectivity index (χ1) is 6.34. The second-order valence-electron chi connectivity index (χ2n) is 2.63. The Morgan fingerprint density at radius 2 is 2.15 bits per heavy atom. The number of hydrogen-bond acceptors (Lipinski definition) is 2. The number of hydrogen-bond donors (Lipinski definition) is 1. The van der Waals surface area contributed by atoms with E-state index in [0.29, 0.717) is 12.4 Å². The van der Waals surface area contributed by atoms with Crippen LogP contribution < -0.4 is 10.1 Å². The fraction of sp³-hybridized carbons (Fsp3) is 0.400. The maximum Gasteiger partial charge on any atom is 0.165 e. The fourth-order valence-electron chi connectivity index (χ4n) is 0.972. The number of likely N-dealkylation sites (N-methyl/N-ethyl adjacent to an activating group) is 1. The van der Waals surface area contributed by atoms with Crippen LogP contribution in [0.3, 0.4) is 0 Å². The maximum absolute atomic E-state index is 13.0. The quantitative estimate of drug-likeness (QED) is 0.703. The van der Waals surface area contributed by atoms with Crippen molar-refractivity contribution < 1.29 is 9.13 Å². The SMILES string of the molecule is CCNCCOc1ccccc1F. The molecule has 0 fully saturated rings. The minimum absolute atomic E-state index is 0.306. The summed E-state index contributed by atoms with van der Waals surface area (Å²) in [6, 6.07) is 6.42. The molecule has 0 saturated heterocycles. The van der Waals surface area contributed by atoms with Gasteiger partial charge in [-0.3, -0.25) is 0 Å². The Kier molecular flexibility index (Phi) is 4.26. The first kappa shape index (κ1) is 9.99. The van der Waals surface area contributed by atoms with E-state index in [1.165, 1.54) is 6.07 Å². The van der Waals surface area contributed by atoms with Crippen LogP contribution in [-0.2, 0) is 0 Å². The zero-order valence-corrected chi connectivity index (χ0v) is 7.72. The third-order valence-electron chi connectivity index (χ3n) is 1.62. The number of benzene rings is 1. The molecule has 0 heterocycles. The van der Waals surface area contributed by atoms with Gasteiger partial charge in [-0.1, -0.05) is 19.1 Å². The van der Waals surface area contributed by atoms with E-state index >= 15 is 0 Å². The molecule has 0 aliphatic carbocycles. The Balaban J connectivity index is 2.32. The molecule has 0 spiro atoms. The van der Waals surface area contributed by atoms with E-state index in [4.69, 9.17) is 4.74 Å². The van der Waals surface area contributed by atoms with Gasteiger partial charge in [-0.2, -0.15) is 0 Å². The van der Waals surface area contributed by atoms with Crippen molar-refractivity contribution in [3.63, 3.8) is 0 Å². The summed E-state index contributed by atoms with van der Waals surface area (Å²) in [7, 11) is 0. The molecule has 0 bridgehead atoms. The number of rotatable bonds is 5. The molecule has 0 saturated carbocycles. The lowest BCUT2D eigenvalue weighted by atomic mass is 10.3. The minimum Gasteiger partial charge on any atom is -0.489 e. The molecular formula is C10H14FNO. The van der Waals surface area contributed by atoms with Gasteiger partial charge >= 0.3 is 0 Å². The highest BCUT2D eigenvalue weighted by Crippen LogP contribution is 2.14. The summed E-state index contributed by atoms with van der Waals surface area (Å²) in [6.07, 6.45) is 0. The van der Waals surface area contributed by atoms with E-state index in [1.807, 2.05) is 6.92 Å². The van der Waals surface area contributed by atoms with Gasteiger partial charge < -0.3 is 10.1 Å². The first-order valence-corrected chi connectivity index (χ1v) is 4.42. The van der Waals surface area contributed by atoms with Gasteiger partial charge in [-0.05, 0) is 18.7 Å². The van der Waals surface area contributed by atoms with E-state index in [-0.39, 0.29) is 5.82 Å². The van der Waals surface area contributed by atoms with Crippen molar-refractivity contribution in [1.29, 1.82) is 0 Å². The second kappa shape index (κ2) is 5.54. The van der Waals surface area contributed by atoms with E-state index < -0.39 is 0 Å². The lowest BCUT2D eigenvalue weighted by Gasteiger charge is -2.06. The normalized spacial score (nSPS) is 10.0. The molecule has 1 aromatic carbocycles. The summed E-state index contributed by atoms with van der Waals surface area (Å²) in [5.74, 6) is 0.0133. The van der Waals surface area contributed by atoms with Gasteiger partial charge in [0.25, 0.3) is 0 Å². The monoisotopic (exact) mass is 183 g/mol. The Morgan fingerprint density at radius 1 is 1.38 bits per heavy atom. The summed E-state index contributed by atoms with van der Waals surface area (Å²) >= 11 is 0. The zero-order valence-electron chi connectivity index (χ0n) is 7.72. The van der Waals surface area contributed by atoms with Crippen molar-refractivity contribution in [3.05, 3.63) is 30.1 Å². The van der Waals surface area contributed by atoms with Gasteiger partial charge in [-0.25, -0.2) is 4.39 Å². The molecule has 3 heteroatoms. The van der Waals surface area contributed by atoms with Crippen LogP contribution in [-0.4, -0.2) is 19.7 Å². The Hall–Kier alpha value is -1.09. The second-order valence-corrected chi connectivity index (χ2v) is 2.63. The van der Waals surface area contributed by atoms with Crippen LogP contribution in [0.15, 0.2) is 24.3 Å². The van der Waals surface area contributed by atoms with E-state index in [2.05, 4.69) is 5.32 Å². The smallest absolute Gasteiger partial charge is 0.165 e. The van der Waals surface area contributed by atoms with Crippen LogP contribution in [0.2, 0.25) is 0 Å². The molecule has 0 radical (unpaired) electrons. The van der Waals surface area contributed by atoms with Crippen molar-refractivity contribution in [1.82, 2.24) is 5.32 Å². The summed E-state index contributed by atoms with van der Waals surface area (Å²) in [4.78, 5) is 0. The molecule has 1 aromatic rings. The average Bonchev–Trinajstić information content (AvgIpc) is 2.15. The van der Waals surface area contributed by atoms with E-state index in [1.54, 1.807) is 18.2 Å². The van der Waals surface area contributed by atoms with Gasteiger partial charge in [0, 0.05) is 6.54 Å². The molecule has 1 rings (SSSR count). The predicted octanol–water partition coefficient (Wildman–Crippen LogP) is 1.81. The fourth-order valence-corrected chi connectivity index (χ4v) is 0.972. The summed E-state index contributed by atoms with van der Waals surface area (Å²) < 4.78 is 18.2. The molecule has 2 nitrogen and oxygen atoms in total. The van der Waals surface area contributed by atoms with Crippen molar-refractivity contribution in [2.45, 2.75) is 6.92 Å². The Labute approximate surface area is 77.7 Å². The van der Waals surface area contributed by atoms with Crippen molar-refractivity contribution in [3.8, 4) is 5.75 Å². The van der Waals surface area contributed by atoms with Gasteiger partial charge in [0.05, 0.1) is 0 Å². The zero-order chi connectivity index (χ0) is 9.52. The molecule has 0 aromatic heterocycles. The van der Waals surface area contributed by atoms with Gasteiger partial charge in [0.2, 0.25) is 0 Å². The Bertz CT molecular complexity index is 252. The van der Waals surface area contributed by atoms with E-state index in [9.17, 15) is 4.39 Å². The van der Waals surface area contributed by atoms with Gasteiger partial charge in [0.15, 0.2) is 11.6 Å². The summed E-state index contributed by atoms with van der Waals surface area (Å²) in [5, 5.41) is 3.09.